The molecule has 0 amide bonds. The van der Waals surface area contributed by atoms with Crippen LogP contribution in [-0.4, -0.2) is 25.5 Å². The standard InChI is InChI=1S/C14H13ClO4S/c1-20(17,18)19-14(15)9-7-12(8-10-14)13(16)11-5-3-2-4-6-11/h2-9H,10H2,1H3. The van der Waals surface area contributed by atoms with Crippen molar-refractivity contribution in [3.05, 3.63) is 59.7 Å². The predicted molar refractivity (Wildman–Crippen MR) is 77.1 cm³/mol. The summed E-state index contributed by atoms with van der Waals surface area (Å²) in [5, 5.41) is -1.45. The molecule has 1 unspecified atom stereocenters. The molecule has 1 aliphatic rings. The Morgan fingerprint density at radius 1 is 1.30 bits per heavy atom. The number of alkyl halides is 1. The first kappa shape index (κ1) is 15.0. The first-order valence-corrected chi connectivity index (χ1v) is 8.07. The fourth-order valence-corrected chi connectivity index (χ4v) is 2.95. The Hall–Kier alpha value is -1.43. The molecule has 0 N–H and O–H groups in total. The zero-order chi connectivity index (χ0) is 14.8. The van der Waals surface area contributed by atoms with Crippen molar-refractivity contribution in [1.82, 2.24) is 0 Å². The van der Waals surface area contributed by atoms with Gasteiger partial charge in [0.15, 0.2) is 10.8 Å². The molecule has 0 bridgehead atoms. The van der Waals surface area contributed by atoms with E-state index < -0.39 is 15.2 Å². The molecule has 1 aliphatic carbocycles. The SMILES string of the molecule is CS(=O)(=O)OC1(Cl)C=CC(C(=O)c2ccccc2)=CC1. The normalized spacial score (nSPS) is 22.4. The third kappa shape index (κ3) is 3.79. The van der Waals surface area contributed by atoms with Crippen molar-refractivity contribution in [1.29, 1.82) is 0 Å². The quantitative estimate of drug-likeness (QED) is 0.487. The number of rotatable bonds is 4. The van der Waals surface area contributed by atoms with Gasteiger partial charge < -0.3 is 0 Å². The summed E-state index contributed by atoms with van der Waals surface area (Å²) in [5.74, 6) is -0.139. The summed E-state index contributed by atoms with van der Waals surface area (Å²) in [4.78, 5) is 12.2. The molecular formula is C14H13ClO4S. The molecular weight excluding hydrogens is 300 g/mol. The van der Waals surface area contributed by atoms with Crippen LogP contribution >= 0.6 is 11.6 Å². The van der Waals surface area contributed by atoms with Crippen LogP contribution in [0.2, 0.25) is 0 Å². The van der Waals surface area contributed by atoms with Crippen molar-refractivity contribution >= 4 is 27.5 Å². The second-order valence-electron chi connectivity index (χ2n) is 4.47. The molecule has 0 fully saturated rings. The van der Waals surface area contributed by atoms with Crippen molar-refractivity contribution < 1.29 is 17.4 Å². The highest BCUT2D eigenvalue weighted by Crippen LogP contribution is 2.31. The molecule has 0 aromatic heterocycles. The highest BCUT2D eigenvalue weighted by Gasteiger charge is 2.31. The van der Waals surface area contributed by atoms with Crippen LogP contribution in [0.3, 0.4) is 0 Å². The number of Topliss-reactive ketones (excluding diaryl/α,β-unsaturated/α-hetero) is 1. The van der Waals surface area contributed by atoms with Gasteiger partial charge in [-0.15, -0.1) is 0 Å². The summed E-state index contributed by atoms with van der Waals surface area (Å²) in [7, 11) is -3.67. The van der Waals surface area contributed by atoms with E-state index in [2.05, 4.69) is 0 Å². The topological polar surface area (TPSA) is 60.4 Å². The summed E-state index contributed by atoms with van der Waals surface area (Å²) in [5.41, 5.74) is 1.03. The van der Waals surface area contributed by atoms with Gasteiger partial charge in [0.05, 0.1) is 6.26 Å². The summed E-state index contributed by atoms with van der Waals surface area (Å²) in [6.07, 6.45) is 5.47. The molecule has 4 nitrogen and oxygen atoms in total. The van der Waals surface area contributed by atoms with Crippen LogP contribution in [0.25, 0.3) is 0 Å². The van der Waals surface area contributed by atoms with Crippen LogP contribution < -0.4 is 0 Å². The minimum absolute atomic E-state index is 0.103. The van der Waals surface area contributed by atoms with E-state index in [1.165, 1.54) is 12.2 Å². The van der Waals surface area contributed by atoms with Crippen LogP contribution in [0.4, 0.5) is 0 Å². The monoisotopic (exact) mass is 312 g/mol. The number of hydrogen-bond donors (Lipinski definition) is 0. The van der Waals surface area contributed by atoms with E-state index in [4.69, 9.17) is 15.8 Å². The second-order valence-corrected chi connectivity index (χ2v) is 6.68. The number of carbonyl (C=O) groups excluding carboxylic acids is 1. The van der Waals surface area contributed by atoms with Gasteiger partial charge in [-0.3, -0.25) is 4.79 Å². The number of hydrogen-bond acceptors (Lipinski definition) is 4. The van der Waals surface area contributed by atoms with Crippen molar-refractivity contribution in [3.63, 3.8) is 0 Å². The summed E-state index contributed by atoms with van der Waals surface area (Å²) < 4.78 is 27.0. The first-order valence-electron chi connectivity index (χ1n) is 5.88. The van der Waals surface area contributed by atoms with Crippen LogP contribution in [0.5, 0.6) is 0 Å². The van der Waals surface area contributed by atoms with Gasteiger partial charge in [0.1, 0.15) is 0 Å². The zero-order valence-corrected chi connectivity index (χ0v) is 12.3. The first-order chi connectivity index (χ1) is 9.29. The molecule has 0 spiro atoms. The van der Waals surface area contributed by atoms with E-state index in [0.717, 1.165) is 6.26 Å². The van der Waals surface area contributed by atoms with Crippen LogP contribution in [-0.2, 0) is 14.3 Å². The highest BCUT2D eigenvalue weighted by atomic mass is 35.5. The molecule has 0 heterocycles. The lowest BCUT2D eigenvalue weighted by Crippen LogP contribution is -2.27. The average molecular weight is 313 g/mol. The van der Waals surface area contributed by atoms with Gasteiger partial charge in [0.2, 0.25) is 0 Å². The van der Waals surface area contributed by atoms with Crippen molar-refractivity contribution in [2.24, 2.45) is 0 Å². The number of carbonyl (C=O) groups is 1. The van der Waals surface area contributed by atoms with Gasteiger partial charge in [-0.05, 0) is 6.08 Å². The Balaban J connectivity index is 2.15. The van der Waals surface area contributed by atoms with E-state index in [1.54, 1.807) is 30.3 Å². The molecule has 106 valence electrons. The van der Waals surface area contributed by atoms with Gasteiger partial charge in [0, 0.05) is 17.6 Å². The van der Waals surface area contributed by atoms with E-state index in [-0.39, 0.29) is 12.2 Å². The Morgan fingerprint density at radius 2 is 1.95 bits per heavy atom. The Labute approximate surface area is 122 Å². The molecule has 6 heteroatoms. The third-order valence-electron chi connectivity index (χ3n) is 2.70. The number of allylic oxidation sites excluding steroid dienone is 2. The predicted octanol–water partition coefficient (Wildman–Crippen LogP) is 2.67. The molecule has 0 saturated carbocycles. The van der Waals surface area contributed by atoms with Crippen molar-refractivity contribution in [2.75, 3.05) is 6.26 Å². The smallest absolute Gasteiger partial charge is 0.266 e. The molecule has 0 aliphatic heterocycles. The third-order valence-corrected chi connectivity index (χ3v) is 3.75. The van der Waals surface area contributed by atoms with E-state index in [9.17, 15) is 13.2 Å². The fourth-order valence-electron chi connectivity index (χ4n) is 1.84. The van der Waals surface area contributed by atoms with E-state index >= 15 is 0 Å². The maximum atomic E-state index is 12.2. The lowest BCUT2D eigenvalue weighted by molar-refractivity contribution is 0.103. The summed E-state index contributed by atoms with van der Waals surface area (Å²) >= 11 is 6.03. The Kier molecular flexibility index (Phi) is 4.13. The molecule has 0 radical (unpaired) electrons. The van der Waals surface area contributed by atoms with Crippen LogP contribution in [0.15, 0.2) is 54.1 Å². The molecule has 1 atom stereocenters. The molecule has 1 aromatic carbocycles. The van der Waals surface area contributed by atoms with Gasteiger partial charge >= 0.3 is 0 Å². The molecule has 20 heavy (non-hydrogen) atoms. The zero-order valence-electron chi connectivity index (χ0n) is 10.7. The largest absolute Gasteiger partial charge is 0.289 e. The lowest BCUT2D eigenvalue weighted by atomic mass is 9.97. The average Bonchev–Trinajstić information content (AvgIpc) is 2.37. The maximum Gasteiger partial charge on any atom is 0.266 e. The number of ketones is 1. The van der Waals surface area contributed by atoms with Gasteiger partial charge in [-0.2, -0.15) is 8.42 Å². The minimum atomic E-state index is -3.67. The highest BCUT2D eigenvalue weighted by molar-refractivity contribution is 7.86. The van der Waals surface area contributed by atoms with Gasteiger partial charge in [0.25, 0.3) is 10.1 Å². The summed E-state index contributed by atoms with van der Waals surface area (Å²) in [6.45, 7) is 0. The van der Waals surface area contributed by atoms with Crippen LogP contribution in [0.1, 0.15) is 16.8 Å². The maximum absolute atomic E-state index is 12.2. The summed E-state index contributed by atoms with van der Waals surface area (Å²) in [6, 6.07) is 8.81. The van der Waals surface area contributed by atoms with Gasteiger partial charge in [-0.1, -0.05) is 54.1 Å². The molecule has 0 saturated heterocycles. The van der Waals surface area contributed by atoms with E-state index in [1.807, 2.05) is 6.07 Å². The van der Waals surface area contributed by atoms with Gasteiger partial charge in [-0.25, -0.2) is 4.18 Å². The lowest BCUT2D eigenvalue weighted by Gasteiger charge is -2.23. The van der Waals surface area contributed by atoms with E-state index in [0.29, 0.717) is 11.1 Å². The number of benzene rings is 1. The van der Waals surface area contributed by atoms with Crippen molar-refractivity contribution in [2.45, 2.75) is 11.5 Å². The minimum Gasteiger partial charge on any atom is -0.289 e. The Morgan fingerprint density at radius 3 is 2.45 bits per heavy atom. The Bertz CT molecular complexity index is 676. The second kappa shape index (κ2) is 5.52. The molecule has 1 aromatic rings. The van der Waals surface area contributed by atoms with Crippen LogP contribution in [0, 0.1) is 0 Å². The number of halogens is 1. The fraction of sp³-hybridized carbons (Fsp3) is 0.214. The molecule has 2 rings (SSSR count). The van der Waals surface area contributed by atoms with Crippen molar-refractivity contribution in [3.8, 4) is 0 Å².